The molecule has 8 heteroatoms. The van der Waals surface area contributed by atoms with Crippen molar-refractivity contribution in [2.24, 2.45) is 0 Å². The van der Waals surface area contributed by atoms with Crippen LogP contribution in [0, 0.1) is 0 Å². The standard InChI is InChI=1S/C10H12N6OS/c1-11-9(17)13-7-6-8-15(3-4-16(8)14-7)10-12-2-5-18-10/h2,5-6H,3-4H2,1H3,(H2,11,13,14,17). The van der Waals surface area contributed by atoms with Crippen LogP contribution in [0.25, 0.3) is 0 Å². The number of rotatable bonds is 2. The second kappa shape index (κ2) is 4.30. The van der Waals surface area contributed by atoms with Gasteiger partial charge in [-0.2, -0.15) is 5.10 Å². The lowest BCUT2D eigenvalue weighted by Gasteiger charge is -2.11. The highest BCUT2D eigenvalue weighted by atomic mass is 32.1. The van der Waals surface area contributed by atoms with Crippen molar-refractivity contribution < 1.29 is 4.79 Å². The molecule has 7 nitrogen and oxygen atoms in total. The van der Waals surface area contributed by atoms with Gasteiger partial charge in [0.2, 0.25) is 0 Å². The molecule has 1 aliphatic heterocycles. The highest BCUT2D eigenvalue weighted by Crippen LogP contribution is 2.32. The highest BCUT2D eigenvalue weighted by Gasteiger charge is 2.24. The van der Waals surface area contributed by atoms with Crippen molar-refractivity contribution in [3.8, 4) is 0 Å². The molecule has 0 atom stereocenters. The van der Waals surface area contributed by atoms with Crippen LogP contribution in [0.2, 0.25) is 0 Å². The van der Waals surface area contributed by atoms with E-state index in [9.17, 15) is 4.79 Å². The summed E-state index contributed by atoms with van der Waals surface area (Å²) in [4.78, 5) is 17.6. The molecule has 0 aromatic carbocycles. The SMILES string of the molecule is CNC(=O)Nc1cc2n(n1)CCN2c1nccs1. The molecule has 1 aliphatic rings. The summed E-state index contributed by atoms with van der Waals surface area (Å²) in [5.74, 6) is 1.50. The van der Waals surface area contributed by atoms with Crippen molar-refractivity contribution in [3.05, 3.63) is 17.6 Å². The minimum absolute atomic E-state index is 0.271. The number of hydrogen-bond donors (Lipinski definition) is 2. The van der Waals surface area contributed by atoms with Crippen molar-refractivity contribution in [2.75, 3.05) is 23.8 Å². The number of hydrogen-bond acceptors (Lipinski definition) is 5. The Kier molecular flexibility index (Phi) is 2.63. The number of carbonyl (C=O) groups excluding carboxylic acids is 1. The van der Waals surface area contributed by atoms with Gasteiger partial charge in [0.25, 0.3) is 0 Å². The molecule has 3 heterocycles. The van der Waals surface area contributed by atoms with Crippen LogP contribution in [0.3, 0.4) is 0 Å². The number of thiazole rings is 1. The summed E-state index contributed by atoms with van der Waals surface area (Å²) in [6.07, 6.45) is 1.78. The molecule has 0 radical (unpaired) electrons. The number of anilines is 3. The molecule has 0 saturated heterocycles. The van der Waals surface area contributed by atoms with Gasteiger partial charge in [-0.25, -0.2) is 14.5 Å². The Morgan fingerprint density at radius 1 is 1.50 bits per heavy atom. The summed E-state index contributed by atoms with van der Waals surface area (Å²) in [7, 11) is 1.57. The van der Waals surface area contributed by atoms with E-state index in [1.165, 1.54) is 0 Å². The maximum absolute atomic E-state index is 11.2. The second-order valence-corrected chi connectivity index (χ2v) is 4.65. The summed E-state index contributed by atoms with van der Waals surface area (Å²) in [6, 6.07) is 1.58. The molecule has 18 heavy (non-hydrogen) atoms. The molecule has 0 bridgehead atoms. The van der Waals surface area contributed by atoms with Gasteiger partial charge in [0.1, 0.15) is 5.82 Å². The Morgan fingerprint density at radius 3 is 3.11 bits per heavy atom. The molecule has 2 amide bonds. The minimum atomic E-state index is -0.271. The number of aromatic nitrogens is 3. The average Bonchev–Trinajstić information content (AvgIpc) is 3.03. The van der Waals surface area contributed by atoms with Crippen molar-refractivity contribution in [2.45, 2.75) is 6.54 Å². The van der Waals surface area contributed by atoms with Crippen LogP contribution >= 0.6 is 11.3 Å². The fourth-order valence-corrected chi connectivity index (χ4v) is 2.56. The van der Waals surface area contributed by atoms with E-state index in [0.717, 1.165) is 24.0 Å². The van der Waals surface area contributed by atoms with Crippen LogP contribution in [-0.2, 0) is 6.54 Å². The lowest BCUT2D eigenvalue weighted by atomic mass is 10.5. The molecule has 94 valence electrons. The molecule has 0 spiro atoms. The Morgan fingerprint density at radius 2 is 2.39 bits per heavy atom. The Hall–Kier alpha value is -2.09. The molecule has 2 aromatic rings. The molecule has 0 saturated carbocycles. The zero-order chi connectivity index (χ0) is 12.5. The van der Waals surface area contributed by atoms with E-state index in [2.05, 4.69) is 25.6 Å². The first-order valence-electron chi connectivity index (χ1n) is 5.51. The largest absolute Gasteiger partial charge is 0.341 e. The predicted molar refractivity (Wildman–Crippen MR) is 69.4 cm³/mol. The van der Waals surface area contributed by atoms with E-state index < -0.39 is 0 Å². The van der Waals surface area contributed by atoms with Gasteiger partial charge in [-0.05, 0) is 0 Å². The topological polar surface area (TPSA) is 75.1 Å². The molecular weight excluding hydrogens is 252 g/mol. The van der Waals surface area contributed by atoms with Crippen molar-refractivity contribution >= 4 is 34.1 Å². The zero-order valence-corrected chi connectivity index (χ0v) is 10.6. The number of carbonyl (C=O) groups is 1. The van der Waals surface area contributed by atoms with Gasteiger partial charge in [-0.1, -0.05) is 0 Å². The fraction of sp³-hybridized carbons (Fsp3) is 0.300. The van der Waals surface area contributed by atoms with Gasteiger partial charge in [-0.3, -0.25) is 5.32 Å². The molecule has 0 fully saturated rings. The van der Waals surface area contributed by atoms with E-state index in [0.29, 0.717) is 5.82 Å². The summed E-state index contributed by atoms with van der Waals surface area (Å²) >= 11 is 1.59. The molecule has 0 unspecified atom stereocenters. The van der Waals surface area contributed by atoms with Gasteiger partial charge in [-0.15, -0.1) is 11.3 Å². The number of nitrogens with zero attached hydrogens (tertiary/aromatic N) is 4. The summed E-state index contributed by atoms with van der Waals surface area (Å²) in [5.41, 5.74) is 0. The molecule has 2 N–H and O–H groups in total. The maximum Gasteiger partial charge on any atom is 0.320 e. The van der Waals surface area contributed by atoms with Gasteiger partial charge in [0.15, 0.2) is 10.9 Å². The molecule has 2 aromatic heterocycles. The van der Waals surface area contributed by atoms with E-state index in [1.807, 2.05) is 16.1 Å². The van der Waals surface area contributed by atoms with Gasteiger partial charge in [0, 0.05) is 31.2 Å². The van der Waals surface area contributed by atoms with Crippen molar-refractivity contribution in [1.82, 2.24) is 20.1 Å². The van der Waals surface area contributed by atoms with E-state index in [1.54, 1.807) is 24.6 Å². The third-order valence-corrected chi connectivity index (χ3v) is 3.48. The van der Waals surface area contributed by atoms with E-state index in [-0.39, 0.29) is 6.03 Å². The van der Waals surface area contributed by atoms with Crippen LogP contribution < -0.4 is 15.5 Å². The zero-order valence-electron chi connectivity index (χ0n) is 9.75. The summed E-state index contributed by atoms with van der Waals surface area (Å²) < 4.78 is 1.87. The summed E-state index contributed by atoms with van der Waals surface area (Å²) in [5, 5.41) is 12.4. The minimum Gasteiger partial charge on any atom is -0.341 e. The van der Waals surface area contributed by atoms with Gasteiger partial charge < -0.3 is 10.2 Å². The fourth-order valence-electron chi connectivity index (χ4n) is 1.88. The number of urea groups is 1. The van der Waals surface area contributed by atoms with Gasteiger partial charge >= 0.3 is 6.03 Å². The highest BCUT2D eigenvalue weighted by molar-refractivity contribution is 7.13. The van der Waals surface area contributed by atoms with E-state index in [4.69, 9.17) is 0 Å². The average molecular weight is 264 g/mol. The maximum atomic E-state index is 11.2. The molecular formula is C10H12N6OS. The second-order valence-electron chi connectivity index (χ2n) is 3.78. The lowest BCUT2D eigenvalue weighted by molar-refractivity contribution is 0.254. The Balaban J connectivity index is 1.85. The van der Waals surface area contributed by atoms with Gasteiger partial charge in [0.05, 0.1) is 6.54 Å². The smallest absolute Gasteiger partial charge is 0.320 e. The monoisotopic (exact) mass is 264 g/mol. The Labute approximate surface area is 107 Å². The normalized spacial score (nSPS) is 13.5. The Bertz CT molecular complexity index is 563. The van der Waals surface area contributed by atoms with Crippen molar-refractivity contribution in [3.63, 3.8) is 0 Å². The first-order valence-corrected chi connectivity index (χ1v) is 6.39. The number of nitrogens with one attached hydrogen (secondary N) is 2. The third-order valence-electron chi connectivity index (χ3n) is 2.69. The van der Waals surface area contributed by atoms with Crippen molar-refractivity contribution in [1.29, 1.82) is 0 Å². The first kappa shape index (κ1) is 11.0. The predicted octanol–water partition coefficient (Wildman–Crippen LogP) is 1.24. The van der Waals surface area contributed by atoms with Crippen LogP contribution in [0.1, 0.15) is 0 Å². The quantitative estimate of drug-likeness (QED) is 0.856. The van der Waals surface area contributed by atoms with Crippen LogP contribution in [0.5, 0.6) is 0 Å². The first-order chi connectivity index (χ1) is 8.78. The van der Waals surface area contributed by atoms with Crippen LogP contribution in [0.15, 0.2) is 17.6 Å². The third kappa shape index (κ3) is 1.80. The lowest BCUT2D eigenvalue weighted by Crippen LogP contribution is -2.24. The van der Waals surface area contributed by atoms with E-state index >= 15 is 0 Å². The van der Waals surface area contributed by atoms with Crippen LogP contribution in [-0.4, -0.2) is 34.4 Å². The number of amides is 2. The summed E-state index contributed by atoms with van der Waals surface area (Å²) in [6.45, 7) is 1.65. The number of fused-ring (bicyclic) bond motifs is 1. The molecule has 0 aliphatic carbocycles. The van der Waals surface area contributed by atoms with Crippen LogP contribution in [0.4, 0.5) is 21.6 Å². The molecule has 3 rings (SSSR count).